The van der Waals surface area contributed by atoms with Gasteiger partial charge in [0, 0.05) is 18.2 Å². The highest BCUT2D eigenvalue weighted by molar-refractivity contribution is 6.01. The maximum atomic E-state index is 13.4. The fourth-order valence-electron chi connectivity index (χ4n) is 3.91. The van der Waals surface area contributed by atoms with Crippen molar-refractivity contribution < 1.29 is 23.9 Å². The van der Waals surface area contributed by atoms with Crippen LogP contribution in [0.25, 0.3) is 0 Å². The summed E-state index contributed by atoms with van der Waals surface area (Å²) in [5.41, 5.74) is 0.857. The van der Waals surface area contributed by atoms with Crippen molar-refractivity contribution in [2.24, 2.45) is 5.92 Å². The van der Waals surface area contributed by atoms with E-state index < -0.39 is 29.7 Å². The Morgan fingerprint density at radius 1 is 1.15 bits per heavy atom. The molecule has 0 radical (unpaired) electrons. The van der Waals surface area contributed by atoms with Gasteiger partial charge in [0.15, 0.2) is 0 Å². The second kappa shape index (κ2) is 7.85. The molecule has 3 unspecified atom stereocenters. The Balaban J connectivity index is 1.80. The molecule has 1 aromatic carbocycles. The Hall–Kier alpha value is -2.44. The minimum atomic E-state index is -0.902. The van der Waals surface area contributed by atoms with E-state index >= 15 is 0 Å². The molecule has 3 rings (SSSR count). The van der Waals surface area contributed by atoms with Gasteiger partial charge in [0.05, 0.1) is 11.8 Å². The van der Waals surface area contributed by atoms with E-state index in [-0.39, 0.29) is 18.2 Å². The van der Waals surface area contributed by atoms with E-state index in [0.29, 0.717) is 24.1 Å². The van der Waals surface area contributed by atoms with E-state index in [0.717, 1.165) is 25.7 Å². The SMILES string of the molecule is O=C1CC(C(=O)NC2CCCCCCC2C(=O)O)c2ccc(F)cc2N1. The van der Waals surface area contributed by atoms with Crippen molar-refractivity contribution >= 4 is 23.5 Å². The van der Waals surface area contributed by atoms with E-state index in [4.69, 9.17) is 0 Å². The third-order valence-corrected chi connectivity index (χ3v) is 5.28. The molecule has 0 saturated heterocycles. The lowest BCUT2D eigenvalue weighted by molar-refractivity contribution is -0.143. The van der Waals surface area contributed by atoms with E-state index in [2.05, 4.69) is 10.6 Å². The van der Waals surface area contributed by atoms with Crippen molar-refractivity contribution in [3.63, 3.8) is 0 Å². The van der Waals surface area contributed by atoms with Gasteiger partial charge in [0.2, 0.25) is 11.8 Å². The molecule has 7 heteroatoms. The molecule has 6 nitrogen and oxygen atoms in total. The molecular formula is C19H23FN2O4. The molecule has 26 heavy (non-hydrogen) atoms. The zero-order valence-electron chi connectivity index (χ0n) is 14.5. The van der Waals surface area contributed by atoms with Crippen molar-refractivity contribution in [3.05, 3.63) is 29.6 Å². The van der Waals surface area contributed by atoms with Crippen LogP contribution >= 0.6 is 0 Å². The van der Waals surface area contributed by atoms with Crippen LogP contribution in [0, 0.1) is 11.7 Å². The van der Waals surface area contributed by atoms with Gasteiger partial charge in [0.1, 0.15) is 5.82 Å². The molecule has 2 amide bonds. The van der Waals surface area contributed by atoms with Gasteiger partial charge < -0.3 is 15.7 Å². The van der Waals surface area contributed by atoms with Crippen molar-refractivity contribution in [1.29, 1.82) is 0 Å². The molecule has 0 aromatic heterocycles. The monoisotopic (exact) mass is 362 g/mol. The lowest BCUT2D eigenvalue weighted by Crippen LogP contribution is -2.46. The topological polar surface area (TPSA) is 95.5 Å². The average molecular weight is 362 g/mol. The number of amides is 2. The van der Waals surface area contributed by atoms with Crippen LogP contribution in [0.2, 0.25) is 0 Å². The number of halogens is 1. The molecule has 3 N–H and O–H groups in total. The molecule has 1 fully saturated rings. The summed E-state index contributed by atoms with van der Waals surface area (Å²) in [5, 5.41) is 15.0. The predicted octanol–water partition coefficient (Wildman–Crippen LogP) is 2.79. The summed E-state index contributed by atoms with van der Waals surface area (Å²) in [6.07, 6.45) is 4.83. The fraction of sp³-hybridized carbons (Fsp3) is 0.526. The minimum Gasteiger partial charge on any atom is -0.481 e. The van der Waals surface area contributed by atoms with Gasteiger partial charge in [-0.15, -0.1) is 0 Å². The number of anilines is 1. The summed E-state index contributed by atoms with van der Waals surface area (Å²) in [4.78, 5) is 36.4. The van der Waals surface area contributed by atoms with E-state index in [9.17, 15) is 23.9 Å². The molecular weight excluding hydrogens is 339 g/mol. The lowest BCUT2D eigenvalue weighted by atomic mass is 9.85. The smallest absolute Gasteiger partial charge is 0.308 e. The summed E-state index contributed by atoms with van der Waals surface area (Å²) in [7, 11) is 0. The number of rotatable bonds is 3. The number of benzene rings is 1. The Bertz CT molecular complexity index is 721. The molecule has 1 saturated carbocycles. The quantitative estimate of drug-likeness (QED) is 0.770. The number of carbonyl (C=O) groups excluding carboxylic acids is 2. The molecule has 2 aliphatic rings. The molecule has 0 spiro atoms. The van der Waals surface area contributed by atoms with Crippen molar-refractivity contribution in [2.75, 3.05) is 5.32 Å². The summed E-state index contributed by atoms with van der Waals surface area (Å²) >= 11 is 0. The molecule has 3 atom stereocenters. The Morgan fingerprint density at radius 2 is 1.88 bits per heavy atom. The largest absolute Gasteiger partial charge is 0.481 e. The third-order valence-electron chi connectivity index (χ3n) is 5.28. The molecule has 1 aliphatic heterocycles. The Morgan fingerprint density at radius 3 is 2.62 bits per heavy atom. The first-order valence-electron chi connectivity index (χ1n) is 9.08. The number of fused-ring (bicyclic) bond motifs is 1. The zero-order valence-corrected chi connectivity index (χ0v) is 14.5. The number of nitrogens with one attached hydrogen (secondary N) is 2. The minimum absolute atomic E-state index is 0.0328. The molecule has 1 aliphatic carbocycles. The highest BCUT2D eigenvalue weighted by Gasteiger charge is 2.35. The third kappa shape index (κ3) is 4.03. The van der Waals surface area contributed by atoms with Crippen LogP contribution < -0.4 is 10.6 Å². The summed E-state index contributed by atoms with van der Waals surface area (Å²) in [5.74, 6) is -3.47. The highest BCUT2D eigenvalue weighted by Crippen LogP contribution is 2.33. The number of hydrogen-bond donors (Lipinski definition) is 3. The summed E-state index contributed by atoms with van der Waals surface area (Å²) < 4.78 is 13.4. The van der Waals surface area contributed by atoms with Gasteiger partial charge in [-0.3, -0.25) is 14.4 Å². The Labute approximate surface area is 151 Å². The number of carboxylic acid groups (broad SMARTS) is 1. The van der Waals surface area contributed by atoms with Crippen molar-refractivity contribution in [2.45, 2.75) is 56.9 Å². The normalized spacial score (nSPS) is 26.0. The van der Waals surface area contributed by atoms with Gasteiger partial charge in [-0.2, -0.15) is 0 Å². The van der Waals surface area contributed by atoms with Crippen LogP contribution in [-0.2, 0) is 14.4 Å². The second-order valence-electron chi connectivity index (χ2n) is 7.09. The van der Waals surface area contributed by atoms with Crippen molar-refractivity contribution in [3.8, 4) is 0 Å². The van der Waals surface area contributed by atoms with Crippen LogP contribution in [0.5, 0.6) is 0 Å². The average Bonchev–Trinajstić information content (AvgIpc) is 2.55. The maximum absolute atomic E-state index is 13.4. The van der Waals surface area contributed by atoms with Gasteiger partial charge in [0.25, 0.3) is 0 Å². The van der Waals surface area contributed by atoms with Crippen molar-refractivity contribution in [1.82, 2.24) is 5.32 Å². The van der Waals surface area contributed by atoms with Crippen LogP contribution in [-0.4, -0.2) is 28.9 Å². The predicted molar refractivity (Wildman–Crippen MR) is 93.1 cm³/mol. The first-order chi connectivity index (χ1) is 12.5. The van der Waals surface area contributed by atoms with Gasteiger partial charge in [-0.25, -0.2) is 4.39 Å². The first-order valence-corrected chi connectivity index (χ1v) is 9.08. The van der Waals surface area contributed by atoms with Gasteiger partial charge >= 0.3 is 5.97 Å². The van der Waals surface area contributed by atoms with Crippen LogP contribution in [0.15, 0.2) is 18.2 Å². The first kappa shape index (κ1) is 18.4. The number of hydrogen-bond acceptors (Lipinski definition) is 3. The highest BCUT2D eigenvalue weighted by atomic mass is 19.1. The van der Waals surface area contributed by atoms with E-state index in [1.54, 1.807) is 0 Å². The number of carbonyl (C=O) groups is 3. The number of aliphatic carboxylic acids is 1. The standard InChI is InChI=1S/C19H23FN2O4/c20-11-7-8-12-14(10-17(23)21-16(12)9-11)18(24)22-15-6-4-2-1-3-5-13(15)19(25)26/h7-9,13-15H,1-6,10H2,(H,21,23)(H,22,24)(H,25,26). The van der Waals surface area contributed by atoms with E-state index in [1.165, 1.54) is 18.2 Å². The molecule has 0 bridgehead atoms. The molecule has 1 aromatic rings. The van der Waals surface area contributed by atoms with E-state index in [1.807, 2.05) is 0 Å². The van der Waals surface area contributed by atoms with Crippen LogP contribution in [0.3, 0.4) is 0 Å². The fourth-order valence-corrected chi connectivity index (χ4v) is 3.91. The molecule has 1 heterocycles. The lowest BCUT2D eigenvalue weighted by Gasteiger charge is -2.30. The Kier molecular flexibility index (Phi) is 5.54. The van der Waals surface area contributed by atoms with Crippen LogP contribution in [0.1, 0.15) is 56.4 Å². The number of carboxylic acids is 1. The molecule has 140 valence electrons. The second-order valence-corrected chi connectivity index (χ2v) is 7.09. The van der Waals surface area contributed by atoms with Crippen LogP contribution in [0.4, 0.5) is 10.1 Å². The summed E-state index contributed by atoms with van der Waals surface area (Å²) in [6, 6.07) is 3.50. The maximum Gasteiger partial charge on any atom is 0.308 e. The van der Waals surface area contributed by atoms with Gasteiger partial charge in [-0.05, 0) is 30.5 Å². The zero-order chi connectivity index (χ0) is 18.7. The van der Waals surface area contributed by atoms with Gasteiger partial charge in [-0.1, -0.05) is 31.7 Å². The summed E-state index contributed by atoms with van der Waals surface area (Å²) in [6.45, 7) is 0.